The molecule has 4 rings (SSSR count). The van der Waals surface area contributed by atoms with Crippen LogP contribution < -0.4 is 5.32 Å². The lowest BCUT2D eigenvalue weighted by Gasteiger charge is -2.27. The van der Waals surface area contributed by atoms with Gasteiger partial charge in [-0.15, -0.1) is 0 Å². The molecule has 3 heterocycles. The third-order valence-electron chi connectivity index (χ3n) is 4.53. The Kier molecular flexibility index (Phi) is 4.36. The van der Waals surface area contributed by atoms with Crippen LogP contribution in [-0.4, -0.2) is 56.3 Å². The Morgan fingerprint density at radius 3 is 2.93 bits per heavy atom. The Morgan fingerprint density at radius 2 is 2.11 bits per heavy atom. The van der Waals surface area contributed by atoms with E-state index in [1.807, 2.05) is 0 Å². The molecule has 0 fully saturated rings. The third kappa shape index (κ3) is 3.28. The van der Waals surface area contributed by atoms with E-state index in [1.165, 1.54) is 12.1 Å². The number of aromatic amines is 1. The Balaban J connectivity index is 1.52. The molecule has 0 atom stereocenters. The molecule has 3 N–H and O–H groups in total. The first-order chi connectivity index (χ1) is 13.0. The summed E-state index contributed by atoms with van der Waals surface area (Å²) in [7, 11) is 0. The van der Waals surface area contributed by atoms with Crippen molar-refractivity contribution < 1.29 is 19.1 Å². The van der Waals surface area contributed by atoms with E-state index in [1.54, 1.807) is 27.8 Å². The topological polar surface area (TPSA) is 103 Å². The normalized spacial score (nSPS) is 13.6. The molecule has 0 spiro atoms. The van der Waals surface area contributed by atoms with E-state index < -0.39 is 0 Å². The molecule has 0 unspecified atom stereocenters. The fourth-order valence-electron chi connectivity index (χ4n) is 3.20. The largest absolute Gasteiger partial charge is 0.395 e. The van der Waals surface area contributed by atoms with Gasteiger partial charge in [0, 0.05) is 24.0 Å². The molecular weight excluding hydrogens is 353 g/mol. The second kappa shape index (κ2) is 6.84. The van der Waals surface area contributed by atoms with Crippen molar-refractivity contribution >= 4 is 22.7 Å². The molecule has 0 saturated carbocycles. The summed E-state index contributed by atoms with van der Waals surface area (Å²) in [5.41, 5.74) is 2.11. The molecule has 2 aromatic heterocycles. The number of hydrogen-bond donors (Lipinski definition) is 3. The Morgan fingerprint density at radius 1 is 1.26 bits per heavy atom. The van der Waals surface area contributed by atoms with Gasteiger partial charge in [-0.25, -0.2) is 4.39 Å². The SMILES string of the molecule is O=C(NCCO)c1cc2n(n1)CCN(C(=O)c1cc3cc(F)ccc3[nH]1)C2. The summed E-state index contributed by atoms with van der Waals surface area (Å²) < 4.78 is 15.1. The van der Waals surface area contributed by atoms with Gasteiger partial charge in [0.1, 0.15) is 11.5 Å². The van der Waals surface area contributed by atoms with Crippen molar-refractivity contribution in [2.45, 2.75) is 13.1 Å². The molecule has 1 aliphatic heterocycles. The van der Waals surface area contributed by atoms with Crippen molar-refractivity contribution in [2.24, 2.45) is 0 Å². The number of rotatable bonds is 4. The molecule has 27 heavy (non-hydrogen) atoms. The van der Waals surface area contributed by atoms with Crippen LogP contribution in [0.2, 0.25) is 0 Å². The monoisotopic (exact) mass is 371 g/mol. The van der Waals surface area contributed by atoms with Crippen molar-refractivity contribution in [3.8, 4) is 0 Å². The summed E-state index contributed by atoms with van der Waals surface area (Å²) in [5, 5.41) is 16.2. The number of nitrogens with one attached hydrogen (secondary N) is 2. The van der Waals surface area contributed by atoms with Gasteiger partial charge in [0.15, 0.2) is 5.69 Å². The average molecular weight is 371 g/mol. The minimum atomic E-state index is -0.360. The molecule has 1 aliphatic rings. The van der Waals surface area contributed by atoms with Gasteiger partial charge in [0.25, 0.3) is 11.8 Å². The van der Waals surface area contributed by atoms with Crippen LogP contribution in [0.5, 0.6) is 0 Å². The number of nitrogens with zero attached hydrogens (tertiary/aromatic N) is 3. The number of benzene rings is 1. The second-order valence-corrected chi connectivity index (χ2v) is 6.36. The summed E-state index contributed by atoms with van der Waals surface area (Å²) in [6.07, 6.45) is 0. The van der Waals surface area contributed by atoms with Crippen LogP contribution in [0.4, 0.5) is 4.39 Å². The number of aliphatic hydroxyl groups excluding tert-OH is 1. The molecule has 9 heteroatoms. The number of fused-ring (bicyclic) bond motifs is 2. The van der Waals surface area contributed by atoms with E-state index in [2.05, 4.69) is 15.4 Å². The molecular formula is C18H18FN5O3. The zero-order valence-electron chi connectivity index (χ0n) is 14.4. The first kappa shape index (κ1) is 17.2. The molecule has 140 valence electrons. The molecule has 8 nitrogen and oxygen atoms in total. The second-order valence-electron chi connectivity index (χ2n) is 6.36. The minimum absolute atomic E-state index is 0.143. The summed E-state index contributed by atoms with van der Waals surface area (Å²) in [6.45, 7) is 1.27. The summed E-state index contributed by atoms with van der Waals surface area (Å²) >= 11 is 0. The quantitative estimate of drug-likeness (QED) is 0.633. The fraction of sp³-hybridized carbons (Fsp3) is 0.278. The van der Waals surface area contributed by atoms with Crippen molar-refractivity contribution in [1.82, 2.24) is 25.0 Å². The number of hydrogen-bond acceptors (Lipinski definition) is 4. The fourth-order valence-corrected chi connectivity index (χ4v) is 3.20. The van der Waals surface area contributed by atoms with Crippen molar-refractivity contribution in [1.29, 1.82) is 0 Å². The third-order valence-corrected chi connectivity index (χ3v) is 4.53. The summed E-state index contributed by atoms with van der Waals surface area (Å²) in [6, 6.07) is 7.61. The molecule has 1 aromatic carbocycles. The molecule has 0 radical (unpaired) electrons. The van der Waals surface area contributed by atoms with Crippen LogP contribution in [-0.2, 0) is 13.1 Å². The lowest BCUT2D eigenvalue weighted by Crippen LogP contribution is -2.38. The standard InChI is InChI=1S/C18H18FN5O3/c19-12-1-2-14-11(7-12)8-16(21-14)18(27)23-4-5-24-13(10-23)9-15(22-24)17(26)20-3-6-25/h1-2,7-9,21,25H,3-6,10H2,(H,20,26). The number of carbonyl (C=O) groups is 2. The number of aromatic nitrogens is 3. The van der Waals surface area contributed by atoms with Crippen LogP contribution in [0.3, 0.4) is 0 Å². The van der Waals surface area contributed by atoms with Crippen LogP contribution in [0.25, 0.3) is 10.9 Å². The Bertz CT molecular complexity index is 1030. The zero-order chi connectivity index (χ0) is 19.0. The predicted octanol–water partition coefficient (Wildman–Crippen LogP) is 0.882. The van der Waals surface area contributed by atoms with Crippen LogP contribution in [0.1, 0.15) is 26.7 Å². The zero-order valence-corrected chi connectivity index (χ0v) is 14.4. The highest BCUT2D eigenvalue weighted by atomic mass is 19.1. The Labute approximate surface area is 153 Å². The van der Waals surface area contributed by atoms with Gasteiger partial charge in [0.05, 0.1) is 25.4 Å². The van der Waals surface area contributed by atoms with Crippen molar-refractivity contribution in [2.75, 3.05) is 19.7 Å². The van der Waals surface area contributed by atoms with E-state index in [-0.39, 0.29) is 36.5 Å². The van der Waals surface area contributed by atoms with Crippen LogP contribution in [0.15, 0.2) is 30.3 Å². The van der Waals surface area contributed by atoms with Crippen LogP contribution >= 0.6 is 0 Å². The number of aliphatic hydroxyl groups is 1. The highest BCUT2D eigenvalue weighted by Crippen LogP contribution is 2.20. The first-order valence-electron chi connectivity index (χ1n) is 8.58. The van der Waals surface area contributed by atoms with E-state index in [0.717, 1.165) is 5.69 Å². The predicted molar refractivity (Wildman–Crippen MR) is 94.6 cm³/mol. The van der Waals surface area contributed by atoms with Gasteiger partial charge in [-0.2, -0.15) is 5.10 Å². The molecule has 0 bridgehead atoms. The smallest absolute Gasteiger partial charge is 0.271 e. The number of carbonyl (C=O) groups excluding carboxylic acids is 2. The van der Waals surface area contributed by atoms with Gasteiger partial charge < -0.3 is 20.3 Å². The van der Waals surface area contributed by atoms with Gasteiger partial charge in [-0.1, -0.05) is 0 Å². The lowest BCUT2D eigenvalue weighted by atomic mass is 10.2. The van der Waals surface area contributed by atoms with Gasteiger partial charge >= 0.3 is 0 Å². The van der Waals surface area contributed by atoms with Gasteiger partial charge in [-0.05, 0) is 30.3 Å². The summed E-state index contributed by atoms with van der Waals surface area (Å²) in [5.74, 6) is -0.902. The molecule has 3 aromatic rings. The molecule has 0 aliphatic carbocycles. The van der Waals surface area contributed by atoms with Gasteiger partial charge in [-0.3, -0.25) is 14.3 Å². The summed E-state index contributed by atoms with van der Waals surface area (Å²) in [4.78, 5) is 29.5. The van der Waals surface area contributed by atoms with Crippen molar-refractivity contribution in [3.05, 3.63) is 53.2 Å². The molecule has 0 saturated heterocycles. The Hall–Kier alpha value is -3.20. The first-order valence-corrected chi connectivity index (χ1v) is 8.58. The number of halogens is 1. The van der Waals surface area contributed by atoms with E-state index in [0.29, 0.717) is 36.2 Å². The average Bonchev–Trinajstić information content (AvgIpc) is 3.28. The molecule has 2 amide bonds. The van der Waals surface area contributed by atoms with E-state index >= 15 is 0 Å². The highest BCUT2D eigenvalue weighted by Gasteiger charge is 2.25. The minimum Gasteiger partial charge on any atom is -0.395 e. The lowest BCUT2D eigenvalue weighted by molar-refractivity contribution is 0.0700. The van der Waals surface area contributed by atoms with Crippen molar-refractivity contribution in [3.63, 3.8) is 0 Å². The van der Waals surface area contributed by atoms with Gasteiger partial charge in [0.2, 0.25) is 0 Å². The van der Waals surface area contributed by atoms with E-state index in [4.69, 9.17) is 5.11 Å². The number of H-pyrrole nitrogens is 1. The maximum Gasteiger partial charge on any atom is 0.271 e. The maximum atomic E-state index is 13.3. The highest BCUT2D eigenvalue weighted by molar-refractivity contribution is 5.98. The number of amides is 2. The van der Waals surface area contributed by atoms with E-state index in [9.17, 15) is 14.0 Å². The maximum absolute atomic E-state index is 13.3. The van der Waals surface area contributed by atoms with Crippen LogP contribution in [0, 0.1) is 5.82 Å².